The molecule has 0 aromatic carbocycles. The topological polar surface area (TPSA) is 30.5 Å². The first kappa shape index (κ1) is 7.53. The van der Waals surface area contributed by atoms with Crippen LogP contribution in [0.5, 0.6) is 0 Å². The Balaban J connectivity index is 1.75. The molecule has 64 valence electrons. The van der Waals surface area contributed by atoms with Gasteiger partial charge in [-0.2, -0.15) is 0 Å². The van der Waals surface area contributed by atoms with Crippen LogP contribution >= 0.6 is 0 Å². The van der Waals surface area contributed by atoms with E-state index in [1.165, 1.54) is 0 Å². The summed E-state index contributed by atoms with van der Waals surface area (Å²) in [4.78, 5) is 0. The molecule has 0 aromatic rings. The van der Waals surface area contributed by atoms with Gasteiger partial charge in [0.2, 0.25) is 0 Å². The first-order valence-electron chi connectivity index (χ1n) is 4.31. The summed E-state index contributed by atoms with van der Waals surface area (Å²) in [5.41, 5.74) is 0. The zero-order valence-corrected chi connectivity index (χ0v) is 6.88. The fraction of sp³-hybridized carbons (Fsp3) is 1.00. The van der Waals surface area contributed by atoms with Gasteiger partial charge in [0.05, 0.1) is 25.4 Å². The van der Waals surface area contributed by atoms with Crippen LogP contribution in [0.1, 0.15) is 13.3 Å². The van der Waals surface area contributed by atoms with Crippen LogP contribution in [0.2, 0.25) is 0 Å². The maximum atomic E-state index is 5.43. The van der Waals surface area contributed by atoms with Crippen LogP contribution in [-0.2, 0) is 9.47 Å². The maximum Gasteiger partial charge on any atom is 0.0700 e. The highest BCUT2D eigenvalue weighted by atomic mass is 16.5. The Morgan fingerprint density at radius 2 is 2.18 bits per heavy atom. The van der Waals surface area contributed by atoms with E-state index in [0.717, 1.165) is 26.2 Å². The standard InChI is InChI=1S/C8H15NO2/c1-6-8(2-3-11-6)9-7-4-10-5-7/h6-9H,2-5H2,1H3/t6-,8-/m1/s1. The molecule has 0 amide bonds. The van der Waals surface area contributed by atoms with Gasteiger partial charge >= 0.3 is 0 Å². The summed E-state index contributed by atoms with van der Waals surface area (Å²) in [5.74, 6) is 0. The monoisotopic (exact) mass is 157 g/mol. The van der Waals surface area contributed by atoms with Crippen LogP contribution in [-0.4, -0.2) is 38.0 Å². The maximum absolute atomic E-state index is 5.43. The summed E-state index contributed by atoms with van der Waals surface area (Å²) in [5, 5.41) is 3.52. The second-order valence-electron chi connectivity index (χ2n) is 3.37. The lowest BCUT2D eigenvalue weighted by molar-refractivity contribution is -0.0141. The van der Waals surface area contributed by atoms with E-state index >= 15 is 0 Å². The summed E-state index contributed by atoms with van der Waals surface area (Å²) in [6.45, 7) is 4.79. The number of hydrogen-bond acceptors (Lipinski definition) is 3. The third-order valence-electron chi connectivity index (χ3n) is 2.46. The normalized spacial score (nSPS) is 39.0. The molecule has 3 nitrogen and oxygen atoms in total. The van der Waals surface area contributed by atoms with Gasteiger partial charge in [0.15, 0.2) is 0 Å². The van der Waals surface area contributed by atoms with Crippen LogP contribution < -0.4 is 5.32 Å². The van der Waals surface area contributed by atoms with Crippen molar-refractivity contribution >= 4 is 0 Å². The quantitative estimate of drug-likeness (QED) is 0.619. The van der Waals surface area contributed by atoms with Gasteiger partial charge in [0.1, 0.15) is 0 Å². The third kappa shape index (κ3) is 1.55. The van der Waals surface area contributed by atoms with Gasteiger partial charge in [-0.05, 0) is 13.3 Å². The fourth-order valence-electron chi connectivity index (χ4n) is 1.59. The van der Waals surface area contributed by atoms with E-state index in [9.17, 15) is 0 Å². The summed E-state index contributed by atoms with van der Waals surface area (Å²) < 4.78 is 10.5. The molecule has 0 bridgehead atoms. The molecule has 2 fully saturated rings. The zero-order chi connectivity index (χ0) is 7.68. The molecule has 11 heavy (non-hydrogen) atoms. The number of rotatable bonds is 2. The van der Waals surface area contributed by atoms with Crippen LogP contribution in [0.3, 0.4) is 0 Å². The first-order valence-corrected chi connectivity index (χ1v) is 4.31. The molecule has 0 unspecified atom stereocenters. The SMILES string of the molecule is C[C@H]1OCC[C@H]1NC1COC1. The average Bonchev–Trinajstić information content (AvgIpc) is 2.27. The minimum absolute atomic E-state index is 0.385. The molecule has 2 saturated heterocycles. The Kier molecular flexibility index (Phi) is 2.11. The highest BCUT2D eigenvalue weighted by Gasteiger charge is 2.28. The van der Waals surface area contributed by atoms with Gasteiger partial charge in [-0.1, -0.05) is 0 Å². The Labute approximate surface area is 67.1 Å². The van der Waals surface area contributed by atoms with E-state index in [2.05, 4.69) is 12.2 Å². The number of nitrogens with one attached hydrogen (secondary N) is 1. The minimum atomic E-state index is 0.385. The molecular formula is C8H15NO2. The first-order chi connectivity index (χ1) is 5.36. The minimum Gasteiger partial charge on any atom is -0.378 e. The van der Waals surface area contributed by atoms with Crippen molar-refractivity contribution in [3.8, 4) is 0 Å². The second kappa shape index (κ2) is 3.09. The largest absolute Gasteiger partial charge is 0.378 e. The third-order valence-corrected chi connectivity index (χ3v) is 2.46. The Morgan fingerprint density at radius 3 is 2.64 bits per heavy atom. The summed E-state index contributed by atoms with van der Waals surface area (Å²) in [7, 11) is 0. The van der Waals surface area contributed by atoms with E-state index in [1.807, 2.05) is 0 Å². The molecule has 0 spiro atoms. The van der Waals surface area contributed by atoms with Gasteiger partial charge < -0.3 is 14.8 Å². The van der Waals surface area contributed by atoms with Gasteiger partial charge in [0, 0.05) is 12.6 Å². The van der Waals surface area contributed by atoms with E-state index in [4.69, 9.17) is 9.47 Å². The van der Waals surface area contributed by atoms with Crippen molar-refractivity contribution in [2.24, 2.45) is 0 Å². The van der Waals surface area contributed by atoms with Gasteiger partial charge in [-0.3, -0.25) is 0 Å². The lowest BCUT2D eigenvalue weighted by Gasteiger charge is -2.30. The Morgan fingerprint density at radius 1 is 1.36 bits per heavy atom. The molecule has 0 radical (unpaired) electrons. The molecule has 1 N–H and O–H groups in total. The van der Waals surface area contributed by atoms with Crippen LogP contribution in [0.4, 0.5) is 0 Å². The molecule has 2 rings (SSSR count). The smallest absolute Gasteiger partial charge is 0.0700 e. The van der Waals surface area contributed by atoms with Gasteiger partial charge in [-0.25, -0.2) is 0 Å². The number of hydrogen-bond donors (Lipinski definition) is 1. The van der Waals surface area contributed by atoms with E-state index in [-0.39, 0.29) is 0 Å². The predicted octanol–water partition coefficient (Wildman–Crippen LogP) is 0.152. The van der Waals surface area contributed by atoms with E-state index in [1.54, 1.807) is 0 Å². The van der Waals surface area contributed by atoms with Gasteiger partial charge in [-0.15, -0.1) is 0 Å². The highest BCUT2D eigenvalue weighted by Crippen LogP contribution is 2.14. The molecule has 0 saturated carbocycles. The van der Waals surface area contributed by atoms with Crippen molar-refractivity contribution in [2.45, 2.75) is 31.5 Å². The molecular weight excluding hydrogens is 142 g/mol. The van der Waals surface area contributed by atoms with Crippen LogP contribution in [0.25, 0.3) is 0 Å². The van der Waals surface area contributed by atoms with Crippen LogP contribution in [0, 0.1) is 0 Å². The molecule has 0 aliphatic carbocycles. The van der Waals surface area contributed by atoms with E-state index < -0.39 is 0 Å². The molecule has 0 aromatic heterocycles. The van der Waals surface area contributed by atoms with Crippen LogP contribution in [0.15, 0.2) is 0 Å². The van der Waals surface area contributed by atoms with Crippen molar-refractivity contribution in [2.75, 3.05) is 19.8 Å². The molecule has 2 aliphatic heterocycles. The fourth-order valence-corrected chi connectivity index (χ4v) is 1.59. The highest BCUT2D eigenvalue weighted by molar-refractivity contribution is 4.85. The summed E-state index contributed by atoms with van der Waals surface area (Å²) >= 11 is 0. The van der Waals surface area contributed by atoms with Crippen molar-refractivity contribution in [1.82, 2.24) is 5.32 Å². The molecule has 3 heteroatoms. The predicted molar refractivity (Wildman–Crippen MR) is 41.6 cm³/mol. The summed E-state index contributed by atoms with van der Waals surface area (Å²) in [6.07, 6.45) is 1.54. The summed E-state index contributed by atoms with van der Waals surface area (Å²) in [6, 6.07) is 1.15. The Hall–Kier alpha value is -0.120. The average molecular weight is 157 g/mol. The van der Waals surface area contributed by atoms with E-state index in [0.29, 0.717) is 18.2 Å². The lowest BCUT2D eigenvalue weighted by Crippen LogP contribution is -2.52. The van der Waals surface area contributed by atoms with Crippen molar-refractivity contribution in [3.05, 3.63) is 0 Å². The lowest BCUT2D eigenvalue weighted by atomic mass is 10.1. The van der Waals surface area contributed by atoms with Crippen molar-refractivity contribution in [1.29, 1.82) is 0 Å². The molecule has 2 heterocycles. The zero-order valence-electron chi connectivity index (χ0n) is 6.88. The van der Waals surface area contributed by atoms with Gasteiger partial charge in [0.25, 0.3) is 0 Å². The van der Waals surface area contributed by atoms with Crippen molar-refractivity contribution < 1.29 is 9.47 Å². The van der Waals surface area contributed by atoms with Crippen molar-refractivity contribution in [3.63, 3.8) is 0 Å². The molecule has 2 atom stereocenters. The second-order valence-corrected chi connectivity index (χ2v) is 3.37. The Bertz CT molecular complexity index is 136. The number of ether oxygens (including phenoxy) is 2. The molecule has 2 aliphatic rings.